The van der Waals surface area contributed by atoms with Crippen molar-refractivity contribution in [2.45, 2.75) is 58.1 Å². The van der Waals surface area contributed by atoms with E-state index in [-0.39, 0.29) is 19.1 Å². The summed E-state index contributed by atoms with van der Waals surface area (Å²) < 4.78 is 0. The van der Waals surface area contributed by atoms with Crippen LogP contribution in [-0.2, 0) is 6.61 Å². The highest BCUT2D eigenvalue weighted by molar-refractivity contribution is 5.51. The van der Waals surface area contributed by atoms with E-state index in [4.69, 9.17) is 5.11 Å². The number of rotatable bonds is 6. The summed E-state index contributed by atoms with van der Waals surface area (Å²) in [5.74, 6) is 1.04. The number of aliphatic hydroxyl groups is 2. The number of anilines is 1. The first-order valence-electron chi connectivity index (χ1n) is 7.51. The molecule has 0 saturated carbocycles. The largest absolute Gasteiger partial charge is 0.396 e. The molecule has 0 radical (unpaired) electrons. The van der Waals surface area contributed by atoms with Crippen LogP contribution in [0.4, 0.5) is 5.69 Å². The summed E-state index contributed by atoms with van der Waals surface area (Å²) in [4.78, 5) is 11.2. The molecule has 2 heterocycles. The Hall–Kier alpha value is -1.20. The van der Waals surface area contributed by atoms with Gasteiger partial charge in [-0.1, -0.05) is 13.8 Å². The lowest BCUT2D eigenvalue weighted by Crippen LogP contribution is -2.31. The van der Waals surface area contributed by atoms with Crippen LogP contribution >= 0.6 is 0 Å². The van der Waals surface area contributed by atoms with Gasteiger partial charge in [-0.3, -0.25) is 0 Å². The molecule has 1 aliphatic heterocycles. The van der Waals surface area contributed by atoms with Crippen molar-refractivity contribution < 1.29 is 10.2 Å². The van der Waals surface area contributed by atoms with Crippen molar-refractivity contribution in [1.29, 1.82) is 0 Å². The van der Waals surface area contributed by atoms with Gasteiger partial charge >= 0.3 is 0 Å². The number of nitrogens with zero attached hydrogens (tertiary/aromatic N) is 3. The van der Waals surface area contributed by atoms with E-state index < -0.39 is 0 Å². The molecule has 2 N–H and O–H groups in total. The second kappa shape index (κ2) is 6.99. The quantitative estimate of drug-likeness (QED) is 0.831. The van der Waals surface area contributed by atoms with Crippen molar-refractivity contribution in [2.75, 3.05) is 18.1 Å². The van der Waals surface area contributed by atoms with E-state index in [0.29, 0.717) is 6.04 Å². The fraction of sp³-hybridized carbons (Fsp3) is 0.733. The van der Waals surface area contributed by atoms with Crippen molar-refractivity contribution in [2.24, 2.45) is 0 Å². The van der Waals surface area contributed by atoms with Crippen LogP contribution in [0.1, 0.15) is 57.0 Å². The second-order valence-electron chi connectivity index (χ2n) is 5.73. The minimum Gasteiger partial charge on any atom is -0.396 e. The summed E-state index contributed by atoms with van der Waals surface area (Å²) in [6.07, 6.45) is 5.93. The fourth-order valence-electron chi connectivity index (χ4n) is 2.84. The molecule has 1 unspecified atom stereocenters. The molecule has 1 atom stereocenters. The van der Waals surface area contributed by atoms with Crippen molar-refractivity contribution >= 4 is 5.69 Å². The average molecular weight is 279 g/mol. The Bertz CT molecular complexity index is 437. The second-order valence-corrected chi connectivity index (χ2v) is 5.73. The van der Waals surface area contributed by atoms with Crippen LogP contribution in [0, 0.1) is 0 Å². The highest BCUT2D eigenvalue weighted by atomic mass is 16.3. The Kier molecular flexibility index (Phi) is 5.31. The van der Waals surface area contributed by atoms with Crippen LogP contribution in [0.3, 0.4) is 0 Å². The SMILES string of the molecule is CC(C)c1ncc(N2CCCC2CCCO)c(CO)n1. The molecular formula is C15H25N3O2. The molecule has 0 spiro atoms. The molecule has 5 heteroatoms. The standard InChI is InChI=1S/C15H25N3O2/c1-11(2)15-16-9-14(13(10-20)17-15)18-7-3-5-12(18)6-4-8-19/h9,11-12,19-20H,3-8,10H2,1-2H3. The zero-order chi connectivity index (χ0) is 14.5. The lowest BCUT2D eigenvalue weighted by atomic mass is 10.1. The smallest absolute Gasteiger partial charge is 0.131 e. The van der Waals surface area contributed by atoms with E-state index in [9.17, 15) is 5.11 Å². The molecule has 1 saturated heterocycles. The van der Waals surface area contributed by atoms with E-state index in [1.807, 2.05) is 6.20 Å². The molecule has 0 aromatic carbocycles. The van der Waals surface area contributed by atoms with Crippen LogP contribution in [-0.4, -0.2) is 39.4 Å². The van der Waals surface area contributed by atoms with Crippen LogP contribution in [0.15, 0.2) is 6.20 Å². The first-order chi connectivity index (χ1) is 9.67. The van der Waals surface area contributed by atoms with Gasteiger partial charge in [0.15, 0.2) is 0 Å². The van der Waals surface area contributed by atoms with Gasteiger partial charge in [-0.05, 0) is 25.7 Å². The zero-order valence-electron chi connectivity index (χ0n) is 12.4. The maximum absolute atomic E-state index is 9.59. The Balaban J connectivity index is 2.22. The Morgan fingerprint density at radius 2 is 2.20 bits per heavy atom. The topological polar surface area (TPSA) is 69.5 Å². The van der Waals surface area contributed by atoms with Gasteiger partial charge < -0.3 is 15.1 Å². The molecule has 2 rings (SSSR count). The summed E-state index contributed by atoms with van der Waals surface area (Å²) >= 11 is 0. The maximum atomic E-state index is 9.59. The van der Waals surface area contributed by atoms with Gasteiger partial charge in [0, 0.05) is 25.1 Å². The monoisotopic (exact) mass is 279 g/mol. The van der Waals surface area contributed by atoms with Crippen LogP contribution in [0.2, 0.25) is 0 Å². The molecular weight excluding hydrogens is 254 g/mol. The van der Waals surface area contributed by atoms with Gasteiger partial charge in [0.25, 0.3) is 0 Å². The molecule has 1 fully saturated rings. The van der Waals surface area contributed by atoms with E-state index in [1.165, 1.54) is 0 Å². The molecule has 20 heavy (non-hydrogen) atoms. The summed E-state index contributed by atoms with van der Waals surface area (Å²) in [6, 6.07) is 0.431. The number of aliphatic hydroxyl groups excluding tert-OH is 2. The molecule has 5 nitrogen and oxygen atoms in total. The molecule has 0 bridgehead atoms. The molecule has 0 amide bonds. The van der Waals surface area contributed by atoms with Gasteiger partial charge in [0.2, 0.25) is 0 Å². The molecule has 1 aromatic heterocycles. The molecule has 1 aromatic rings. The maximum Gasteiger partial charge on any atom is 0.131 e. The predicted molar refractivity (Wildman–Crippen MR) is 78.7 cm³/mol. The zero-order valence-corrected chi connectivity index (χ0v) is 12.4. The van der Waals surface area contributed by atoms with Gasteiger partial charge in [0.1, 0.15) is 5.82 Å². The number of hydrogen-bond donors (Lipinski definition) is 2. The fourth-order valence-corrected chi connectivity index (χ4v) is 2.84. The third kappa shape index (κ3) is 3.27. The van der Waals surface area contributed by atoms with Crippen molar-refractivity contribution in [3.05, 3.63) is 17.7 Å². The summed E-state index contributed by atoms with van der Waals surface area (Å²) in [5.41, 5.74) is 1.68. The predicted octanol–water partition coefficient (Wildman–Crippen LogP) is 1.83. The first kappa shape index (κ1) is 15.2. The minimum absolute atomic E-state index is 0.0548. The van der Waals surface area contributed by atoms with E-state index in [2.05, 4.69) is 28.7 Å². The van der Waals surface area contributed by atoms with E-state index in [0.717, 1.165) is 49.4 Å². The molecule has 0 aliphatic carbocycles. The minimum atomic E-state index is -0.0548. The van der Waals surface area contributed by atoms with Gasteiger partial charge in [0.05, 0.1) is 24.2 Å². The van der Waals surface area contributed by atoms with Crippen molar-refractivity contribution in [1.82, 2.24) is 9.97 Å². The Morgan fingerprint density at radius 3 is 2.85 bits per heavy atom. The highest BCUT2D eigenvalue weighted by Crippen LogP contribution is 2.30. The van der Waals surface area contributed by atoms with E-state index in [1.54, 1.807) is 0 Å². The molecule has 1 aliphatic rings. The Labute approximate surface area is 120 Å². The van der Waals surface area contributed by atoms with Gasteiger partial charge in [-0.25, -0.2) is 9.97 Å². The van der Waals surface area contributed by atoms with E-state index >= 15 is 0 Å². The molecule has 112 valence electrons. The van der Waals surface area contributed by atoms with Crippen molar-refractivity contribution in [3.63, 3.8) is 0 Å². The summed E-state index contributed by atoms with van der Waals surface area (Å²) in [5, 5.41) is 18.6. The third-order valence-corrected chi connectivity index (χ3v) is 3.91. The lowest BCUT2D eigenvalue weighted by molar-refractivity contribution is 0.274. The summed E-state index contributed by atoms with van der Waals surface area (Å²) in [7, 11) is 0. The van der Waals surface area contributed by atoms with Crippen LogP contribution in [0.25, 0.3) is 0 Å². The Morgan fingerprint density at radius 1 is 1.40 bits per heavy atom. The van der Waals surface area contributed by atoms with Crippen LogP contribution in [0.5, 0.6) is 0 Å². The number of hydrogen-bond acceptors (Lipinski definition) is 5. The normalized spacial score (nSPS) is 19.1. The highest BCUT2D eigenvalue weighted by Gasteiger charge is 2.26. The van der Waals surface area contributed by atoms with Gasteiger partial charge in [-0.2, -0.15) is 0 Å². The third-order valence-electron chi connectivity index (χ3n) is 3.91. The summed E-state index contributed by atoms with van der Waals surface area (Å²) in [6.45, 7) is 5.26. The van der Waals surface area contributed by atoms with Gasteiger partial charge in [-0.15, -0.1) is 0 Å². The van der Waals surface area contributed by atoms with Crippen LogP contribution < -0.4 is 4.90 Å². The lowest BCUT2D eigenvalue weighted by Gasteiger charge is -2.28. The average Bonchev–Trinajstić information content (AvgIpc) is 2.92. The number of aromatic nitrogens is 2. The first-order valence-corrected chi connectivity index (χ1v) is 7.51. The van der Waals surface area contributed by atoms with Crippen molar-refractivity contribution in [3.8, 4) is 0 Å².